The monoisotopic (exact) mass is 330 g/mol. The van der Waals surface area contributed by atoms with Gasteiger partial charge in [0.05, 0.1) is 39.6 Å². The molecule has 7 nitrogen and oxygen atoms in total. The number of aromatic hydroxyl groups is 1. The third-order valence-corrected chi connectivity index (χ3v) is 2.78. The van der Waals surface area contributed by atoms with Crippen LogP contribution >= 0.6 is 0 Å². The van der Waals surface area contributed by atoms with Crippen molar-refractivity contribution in [3.05, 3.63) is 18.2 Å². The molecule has 0 saturated carbocycles. The highest BCUT2D eigenvalue weighted by atomic mass is 16.6. The SMILES string of the molecule is COCCOCCOc1cccc(O)c1OCCOCCOC. The molecular weight excluding hydrogens is 304 g/mol. The predicted molar refractivity (Wildman–Crippen MR) is 84.5 cm³/mol. The first kappa shape index (κ1) is 19.5. The van der Waals surface area contributed by atoms with Crippen LogP contribution in [0.15, 0.2) is 18.2 Å². The lowest BCUT2D eigenvalue weighted by Crippen LogP contribution is -2.12. The van der Waals surface area contributed by atoms with Gasteiger partial charge in [-0.15, -0.1) is 0 Å². The van der Waals surface area contributed by atoms with Crippen LogP contribution < -0.4 is 9.47 Å². The van der Waals surface area contributed by atoms with E-state index in [1.54, 1.807) is 32.4 Å². The fourth-order valence-corrected chi connectivity index (χ4v) is 1.66. The van der Waals surface area contributed by atoms with Gasteiger partial charge in [-0.25, -0.2) is 0 Å². The minimum atomic E-state index is 0.0275. The Morgan fingerprint density at radius 2 is 1.30 bits per heavy atom. The average molecular weight is 330 g/mol. The van der Waals surface area contributed by atoms with E-state index < -0.39 is 0 Å². The molecule has 0 atom stereocenters. The summed E-state index contributed by atoms with van der Waals surface area (Å²) in [6, 6.07) is 4.97. The molecule has 0 spiro atoms. The minimum Gasteiger partial charge on any atom is -0.504 e. The molecule has 1 aromatic rings. The number of phenolic OH excluding ortho intramolecular Hbond substituents is 1. The Balaban J connectivity index is 2.33. The highest BCUT2D eigenvalue weighted by molar-refractivity contribution is 5.50. The lowest BCUT2D eigenvalue weighted by atomic mass is 10.3. The molecule has 0 unspecified atom stereocenters. The number of rotatable bonds is 14. The van der Waals surface area contributed by atoms with Crippen LogP contribution in [0.4, 0.5) is 0 Å². The van der Waals surface area contributed by atoms with E-state index >= 15 is 0 Å². The van der Waals surface area contributed by atoms with Crippen molar-refractivity contribution in [2.24, 2.45) is 0 Å². The van der Waals surface area contributed by atoms with Gasteiger partial charge < -0.3 is 33.5 Å². The van der Waals surface area contributed by atoms with Gasteiger partial charge >= 0.3 is 0 Å². The Morgan fingerprint density at radius 1 is 0.739 bits per heavy atom. The van der Waals surface area contributed by atoms with E-state index in [4.69, 9.17) is 28.4 Å². The Morgan fingerprint density at radius 3 is 1.91 bits per heavy atom. The molecule has 1 N–H and O–H groups in total. The lowest BCUT2D eigenvalue weighted by Gasteiger charge is -2.14. The molecule has 7 heteroatoms. The van der Waals surface area contributed by atoms with Crippen LogP contribution in [0.1, 0.15) is 0 Å². The van der Waals surface area contributed by atoms with Gasteiger partial charge in [-0.3, -0.25) is 0 Å². The zero-order chi connectivity index (χ0) is 16.8. The van der Waals surface area contributed by atoms with E-state index in [1.165, 1.54) is 0 Å². The number of hydrogen-bond donors (Lipinski definition) is 1. The molecule has 0 fully saturated rings. The Hall–Kier alpha value is -1.54. The van der Waals surface area contributed by atoms with Gasteiger partial charge in [0.15, 0.2) is 11.5 Å². The highest BCUT2D eigenvalue weighted by Gasteiger charge is 2.10. The van der Waals surface area contributed by atoms with E-state index in [0.717, 1.165) is 0 Å². The third-order valence-electron chi connectivity index (χ3n) is 2.78. The van der Waals surface area contributed by atoms with Crippen LogP contribution in [-0.4, -0.2) is 72.2 Å². The van der Waals surface area contributed by atoms with Crippen molar-refractivity contribution in [1.82, 2.24) is 0 Å². The first-order chi connectivity index (χ1) is 11.3. The van der Waals surface area contributed by atoms with Crippen molar-refractivity contribution in [3.63, 3.8) is 0 Å². The van der Waals surface area contributed by atoms with Gasteiger partial charge in [0.1, 0.15) is 13.2 Å². The molecule has 0 aliphatic carbocycles. The van der Waals surface area contributed by atoms with E-state index in [0.29, 0.717) is 64.4 Å². The summed E-state index contributed by atoms with van der Waals surface area (Å²) < 4.78 is 31.5. The molecule has 23 heavy (non-hydrogen) atoms. The Kier molecular flexibility index (Phi) is 11.0. The van der Waals surface area contributed by atoms with Gasteiger partial charge in [0.2, 0.25) is 5.75 Å². The van der Waals surface area contributed by atoms with Gasteiger partial charge in [0, 0.05) is 14.2 Å². The predicted octanol–water partition coefficient (Wildman–Crippen LogP) is 1.48. The zero-order valence-electron chi connectivity index (χ0n) is 13.8. The number of hydrogen-bond acceptors (Lipinski definition) is 7. The summed E-state index contributed by atoms with van der Waals surface area (Å²) in [5.41, 5.74) is 0. The average Bonchev–Trinajstić information content (AvgIpc) is 2.56. The lowest BCUT2D eigenvalue weighted by molar-refractivity contribution is 0.0494. The van der Waals surface area contributed by atoms with E-state index in [9.17, 15) is 5.11 Å². The Bertz CT molecular complexity index is 411. The van der Waals surface area contributed by atoms with Gasteiger partial charge in [-0.1, -0.05) is 6.07 Å². The normalized spacial score (nSPS) is 10.7. The van der Waals surface area contributed by atoms with Crippen molar-refractivity contribution in [1.29, 1.82) is 0 Å². The second-order valence-electron chi connectivity index (χ2n) is 4.51. The Labute approximate surface area is 137 Å². The first-order valence-corrected chi connectivity index (χ1v) is 7.50. The maximum absolute atomic E-state index is 9.89. The van der Waals surface area contributed by atoms with Crippen LogP contribution in [0, 0.1) is 0 Å². The summed E-state index contributed by atoms with van der Waals surface area (Å²) >= 11 is 0. The van der Waals surface area contributed by atoms with E-state index in [-0.39, 0.29) is 5.75 Å². The molecule has 0 aliphatic rings. The molecule has 0 amide bonds. The number of benzene rings is 1. The molecule has 1 rings (SSSR count). The summed E-state index contributed by atoms with van der Waals surface area (Å²) in [7, 11) is 3.24. The molecule has 0 radical (unpaired) electrons. The van der Waals surface area contributed by atoms with E-state index in [1.807, 2.05) is 0 Å². The molecule has 0 saturated heterocycles. The summed E-state index contributed by atoms with van der Waals surface area (Å²) in [5, 5.41) is 9.89. The summed E-state index contributed by atoms with van der Waals surface area (Å²) in [6.07, 6.45) is 0. The molecular formula is C16H26O7. The second kappa shape index (κ2) is 13.0. The minimum absolute atomic E-state index is 0.0275. The number of para-hydroxylation sites is 1. The third kappa shape index (κ3) is 8.61. The van der Waals surface area contributed by atoms with Crippen LogP contribution in [0.3, 0.4) is 0 Å². The van der Waals surface area contributed by atoms with Crippen molar-refractivity contribution in [2.75, 3.05) is 67.1 Å². The maximum Gasteiger partial charge on any atom is 0.203 e. The van der Waals surface area contributed by atoms with Crippen LogP contribution in [0.5, 0.6) is 17.2 Å². The van der Waals surface area contributed by atoms with Crippen LogP contribution in [0.25, 0.3) is 0 Å². The molecule has 0 aromatic heterocycles. The first-order valence-electron chi connectivity index (χ1n) is 7.50. The zero-order valence-corrected chi connectivity index (χ0v) is 13.8. The van der Waals surface area contributed by atoms with Crippen LogP contribution in [0.2, 0.25) is 0 Å². The number of methoxy groups -OCH3 is 2. The van der Waals surface area contributed by atoms with E-state index in [2.05, 4.69) is 0 Å². The number of ether oxygens (including phenoxy) is 6. The highest BCUT2D eigenvalue weighted by Crippen LogP contribution is 2.36. The topological polar surface area (TPSA) is 75.6 Å². The molecule has 0 aliphatic heterocycles. The van der Waals surface area contributed by atoms with Crippen molar-refractivity contribution >= 4 is 0 Å². The molecule has 0 bridgehead atoms. The van der Waals surface area contributed by atoms with Gasteiger partial charge in [-0.2, -0.15) is 0 Å². The second-order valence-corrected chi connectivity index (χ2v) is 4.51. The maximum atomic E-state index is 9.89. The van der Waals surface area contributed by atoms with Crippen LogP contribution in [-0.2, 0) is 18.9 Å². The molecule has 0 heterocycles. The summed E-state index contributed by atoms with van der Waals surface area (Å²) in [6.45, 7) is 3.59. The fraction of sp³-hybridized carbons (Fsp3) is 0.625. The van der Waals surface area contributed by atoms with Gasteiger partial charge in [0.25, 0.3) is 0 Å². The standard InChI is InChI=1S/C16H26O7/c1-18-6-8-20-10-12-22-15-5-3-4-14(17)16(15)23-13-11-21-9-7-19-2/h3-5,17H,6-13H2,1-2H3. The number of phenols is 1. The fourth-order valence-electron chi connectivity index (χ4n) is 1.66. The quantitative estimate of drug-likeness (QED) is 0.518. The summed E-state index contributed by atoms with van der Waals surface area (Å²) in [4.78, 5) is 0. The van der Waals surface area contributed by atoms with Gasteiger partial charge in [-0.05, 0) is 12.1 Å². The largest absolute Gasteiger partial charge is 0.504 e. The smallest absolute Gasteiger partial charge is 0.203 e. The van der Waals surface area contributed by atoms with Crippen molar-refractivity contribution < 1.29 is 33.5 Å². The molecule has 1 aromatic carbocycles. The summed E-state index contributed by atoms with van der Waals surface area (Å²) in [5.74, 6) is 0.802. The van der Waals surface area contributed by atoms with Crippen molar-refractivity contribution in [2.45, 2.75) is 0 Å². The van der Waals surface area contributed by atoms with Crippen molar-refractivity contribution in [3.8, 4) is 17.2 Å². The molecule has 132 valence electrons.